The van der Waals surface area contributed by atoms with Crippen LogP contribution in [-0.4, -0.2) is 42.9 Å². The summed E-state index contributed by atoms with van der Waals surface area (Å²) in [6, 6.07) is 15.3. The molecule has 0 bridgehead atoms. The van der Waals surface area contributed by atoms with Crippen LogP contribution in [0, 0.1) is 0 Å². The normalized spacial score (nSPS) is 20.1. The van der Waals surface area contributed by atoms with E-state index in [4.69, 9.17) is 19.4 Å². The van der Waals surface area contributed by atoms with E-state index in [0.29, 0.717) is 18.9 Å². The van der Waals surface area contributed by atoms with E-state index in [2.05, 4.69) is 28.8 Å². The molecule has 162 valence electrons. The van der Waals surface area contributed by atoms with Gasteiger partial charge < -0.3 is 25.0 Å². The van der Waals surface area contributed by atoms with Gasteiger partial charge in [-0.2, -0.15) is 4.98 Å². The number of ether oxygens (including phenoxy) is 2. The maximum absolute atomic E-state index is 5.48. The summed E-state index contributed by atoms with van der Waals surface area (Å²) in [7, 11) is 4.05. The minimum absolute atomic E-state index is 0.320. The molecule has 0 amide bonds. The molecular weight excluding hydrogens is 390 g/mol. The van der Waals surface area contributed by atoms with Crippen LogP contribution < -0.4 is 25.0 Å². The maximum atomic E-state index is 5.48. The van der Waals surface area contributed by atoms with E-state index in [9.17, 15) is 0 Å². The fraction of sp³-hybridized carbons (Fsp3) is 0.417. The highest BCUT2D eigenvalue weighted by atomic mass is 16.7. The van der Waals surface area contributed by atoms with Crippen molar-refractivity contribution in [2.24, 2.45) is 0 Å². The molecular formula is C24H29N5O2. The molecule has 1 aliphatic carbocycles. The van der Waals surface area contributed by atoms with Gasteiger partial charge in [-0.15, -0.1) is 0 Å². The number of nitrogens with zero attached hydrogens (tertiary/aromatic N) is 3. The Morgan fingerprint density at radius 1 is 0.935 bits per heavy atom. The summed E-state index contributed by atoms with van der Waals surface area (Å²) in [4.78, 5) is 11.6. The molecule has 0 radical (unpaired) electrons. The molecule has 1 aliphatic heterocycles. The monoisotopic (exact) mass is 419 g/mol. The highest BCUT2D eigenvalue weighted by molar-refractivity contribution is 5.90. The van der Waals surface area contributed by atoms with Gasteiger partial charge in [0.2, 0.25) is 12.7 Å². The zero-order valence-corrected chi connectivity index (χ0v) is 18.1. The summed E-state index contributed by atoms with van der Waals surface area (Å²) >= 11 is 0. The largest absolute Gasteiger partial charge is 0.454 e. The average molecular weight is 420 g/mol. The average Bonchev–Trinajstić information content (AvgIpc) is 3.26. The topological polar surface area (TPSA) is 71.5 Å². The Hall–Kier alpha value is -3.06. The van der Waals surface area contributed by atoms with Gasteiger partial charge in [0.15, 0.2) is 11.5 Å². The van der Waals surface area contributed by atoms with Crippen LogP contribution in [0.1, 0.15) is 31.2 Å². The number of hydrogen-bond acceptors (Lipinski definition) is 7. The van der Waals surface area contributed by atoms with Crippen LogP contribution in [0.5, 0.6) is 11.5 Å². The molecule has 1 aromatic heterocycles. The van der Waals surface area contributed by atoms with E-state index >= 15 is 0 Å². The van der Waals surface area contributed by atoms with E-state index in [-0.39, 0.29) is 0 Å². The van der Waals surface area contributed by atoms with Crippen LogP contribution in [0.3, 0.4) is 0 Å². The molecule has 1 saturated carbocycles. The fourth-order valence-corrected chi connectivity index (χ4v) is 4.40. The molecule has 5 rings (SSSR count). The van der Waals surface area contributed by atoms with Crippen LogP contribution in [0.25, 0.3) is 10.9 Å². The zero-order chi connectivity index (χ0) is 21.2. The molecule has 31 heavy (non-hydrogen) atoms. The van der Waals surface area contributed by atoms with Gasteiger partial charge in [-0.05, 0) is 55.5 Å². The maximum Gasteiger partial charge on any atom is 0.231 e. The molecule has 3 aromatic rings. The van der Waals surface area contributed by atoms with E-state index < -0.39 is 0 Å². The Morgan fingerprint density at radius 3 is 2.55 bits per heavy atom. The van der Waals surface area contributed by atoms with Crippen LogP contribution in [-0.2, 0) is 6.54 Å². The van der Waals surface area contributed by atoms with Gasteiger partial charge in [0.05, 0.1) is 5.52 Å². The zero-order valence-electron chi connectivity index (χ0n) is 18.1. The third kappa shape index (κ3) is 4.37. The van der Waals surface area contributed by atoms with Gasteiger partial charge in [-0.25, -0.2) is 4.98 Å². The molecule has 0 spiro atoms. The van der Waals surface area contributed by atoms with Crippen LogP contribution in [0.15, 0.2) is 42.5 Å². The summed E-state index contributed by atoms with van der Waals surface area (Å²) in [6.07, 6.45) is 4.48. The standard InChI is InChI=1S/C24H29N5O2/c1-29(2)23-19-5-3-4-6-20(19)27-24(28-23)26-18-10-8-17(9-11-18)25-14-16-7-12-21-22(13-16)31-15-30-21/h3-7,12-13,17-18,25H,8-11,14-15H2,1-2H3,(H,26,27,28)/t17-,18+. The van der Waals surface area contributed by atoms with Crippen molar-refractivity contribution in [2.45, 2.75) is 44.3 Å². The van der Waals surface area contributed by atoms with Gasteiger partial charge in [0, 0.05) is 38.1 Å². The Bertz CT molecular complexity index is 1060. The van der Waals surface area contributed by atoms with Crippen molar-refractivity contribution >= 4 is 22.7 Å². The first-order valence-electron chi connectivity index (χ1n) is 11.0. The van der Waals surface area contributed by atoms with Crippen molar-refractivity contribution in [3.8, 4) is 11.5 Å². The molecule has 2 N–H and O–H groups in total. The van der Waals surface area contributed by atoms with Crippen LogP contribution in [0.4, 0.5) is 11.8 Å². The Kier molecular flexibility index (Phi) is 5.51. The quantitative estimate of drug-likeness (QED) is 0.627. The summed E-state index contributed by atoms with van der Waals surface area (Å²) in [6.45, 7) is 1.17. The summed E-state index contributed by atoms with van der Waals surface area (Å²) in [5.41, 5.74) is 2.20. The summed E-state index contributed by atoms with van der Waals surface area (Å²) < 4.78 is 10.9. The second-order valence-electron chi connectivity index (χ2n) is 8.54. The summed E-state index contributed by atoms with van der Waals surface area (Å²) in [5, 5.41) is 8.36. The second-order valence-corrected chi connectivity index (χ2v) is 8.54. The molecule has 2 heterocycles. The molecule has 1 fully saturated rings. The Labute approximate surface area is 182 Å². The van der Waals surface area contributed by atoms with Crippen molar-refractivity contribution in [1.82, 2.24) is 15.3 Å². The van der Waals surface area contributed by atoms with Crippen molar-refractivity contribution in [3.05, 3.63) is 48.0 Å². The minimum atomic E-state index is 0.320. The fourth-order valence-electron chi connectivity index (χ4n) is 4.40. The molecule has 2 aliphatic rings. The summed E-state index contributed by atoms with van der Waals surface area (Å²) in [5.74, 6) is 3.36. The number of fused-ring (bicyclic) bond motifs is 2. The molecule has 0 saturated heterocycles. The number of rotatable bonds is 6. The van der Waals surface area contributed by atoms with Gasteiger partial charge in [0.25, 0.3) is 0 Å². The van der Waals surface area contributed by atoms with Gasteiger partial charge in [-0.1, -0.05) is 18.2 Å². The molecule has 7 heteroatoms. The number of anilines is 2. The van der Waals surface area contributed by atoms with Gasteiger partial charge in [-0.3, -0.25) is 0 Å². The molecule has 2 aromatic carbocycles. The highest BCUT2D eigenvalue weighted by Gasteiger charge is 2.22. The van der Waals surface area contributed by atoms with Crippen molar-refractivity contribution in [3.63, 3.8) is 0 Å². The lowest BCUT2D eigenvalue weighted by atomic mass is 9.91. The Morgan fingerprint density at radius 2 is 1.71 bits per heavy atom. The number of nitrogens with one attached hydrogen (secondary N) is 2. The second kappa shape index (κ2) is 8.59. The van der Waals surface area contributed by atoms with Crippen molar-refractivity contribution in [2.75, 3.05) is 31.1 Å². The smallest absolute Gasteiger partial charge is 0.231 e. The highest BCUT2D eigenvalue weighted by Crippen LogP contribution is 2.32. The molecule has 0 unspecified atom stereocenters. The molecule has 0 atom stereocenters. The number of benzene rings is 2. The van der Waals surface area contributed by atoms with E-state index in [1.807, 2.05) is 43.3 Å². The van der Waals surface area contributed by atoms with Crippen molar-refractivity contribution in [1.29, 1.82) is 0 Å². The first-order valence-corrected chi connectivity index (χ1v) is 11.0. The number of aromatic nitrogens is 2. The number of hydrogen-bond donors (Lipinski definition) is 2. The molecule has 7 nitrogen and oxygen atoms in total. The SMILES string of the molecule is CN(C)c1nc(N[C@H]2CC[C@@H](NCc3ccc4c(c3)OCO4)CC2)nc2ccccc12. The van der Waals surface area contributed by atoms with E-state index in [1.54, 1.807) is 0 Å². The predicted molar refractivity (Wildman–Crippen MR) is 123 cm³/mol. The minimum Gasteiger partial charge on any atom is -0.454 e. The van der Waals surface area contributed by atoms with Crippen molar-refractivity contribution < 1.29 is 9.47 Å². The van der Waals surface area contributed by atoms with E-state index in [1.165, 1.54) is 5.56 Å². The third-order valence-electron chi connectivity index (χ3n) is 6.10. The van der Waals surface area contributed by atoms with Gasteiger partial charge in [0.1, 0.15) is 5.82 Å². The lowest BCUT2D eigenvalue weighted by Crippen LogP contribution is -2.37. The Balaban J connectivity index is 1.17. The van der Waals surface area contributed by atoms with Crippen LogP contribution in [0.2, 0.25) is 0 Å². The van der Waals surface area contributed by atoms with Gasteiger partial charge >= 0.3 is 0 Å². The third-order valence-corrected chi connectivity index (χ3v) is 6.10. The lowest BCUT2D eigenvalue weighted by molar-refractivity contribution is 0.174. The van der Waals surface area contributed by atoms with Crippen LogP contribution >= 0.6 is 0 Å². The lowest BCUT2D eigenvalue weighted by Gasteiger charge is -2.30. The first kappa shape index (κ1) is 19.9. The number of para-hydroxylation sites is 1. The predicted octanol–water partition coefficient (Wildman–Crippen LogP) is 3.94. The van der Waals surface area contributed by atoms with E-state index in [0.717, 1.165) is 66.4 Å². The first-order chi connectivity index (χ1) is 15.2.